The molecule has 3 heterocycles. The normalized spacial score (nSPS) is 19.2. The number of anilines is 1. The summed E-state index contributed by atoms with van der Waals surface area (Å²) < 4.78 is 36.4. The smallest absolute Gasteiger partial charge is 0.724 e. The third-order valence-corrected chi connectivity index (χ3v) is 3.54. The van der Waals surface area contributed by atoms with Gasteiger partial charge in [-0.1, -0.05) is 0 Å². The molecule has 3 rings (SSSR count). The molecule has 0 aliphatic carbocycles. The van der Waals surface area contributed by atoms with E-state index in [1.807, 2.05) is 0 Å². The molecule has 13 heteroatoms. The van der Waals surface area contributed by atoms with Crippen LogP contribution in [0.3, 0.4) is 0 Å². The summed E-state index contributed by atoms with van der Waals surface area (Å²) in [6.45, 7) is 1.55. The van der Waals surface area contributed by atoms with Crippen LogP contribution in [0.4, 0.5) is 10.7 Å². The van der Waals surface area contributed by atoms with Gasteiger partial charge in [0.15, 0.2) is 0 Å². The van der Waals surface area contributed by atoms with Gasteiger partial charge in [-0.05, 0) is 0 Å². The van der Waals surface area contributed by atoms with Crippen LogP contribution in [0.25, 0.3) is 0 Å². The Hall–Kier alpha value is -1.31. The Balaban J connectivity index is 0.00000192. The quantitative estimate of drug-likeness (QED) is 0.331. The molecule has 118 valence electrons. The molecule has 0 spiro atoms. The van der Waals surface area contributed by atoms with Gasteiger partial charge in [-0.3, -0.25) is 10.1 Å². The Bertz CT molecular complexity index is 771. The molecule has 0 saturated carbocycles. The van der Waals surface area contributed by atoms with Crippen molar-refractivity contribution in [3.05, 3.63) is 17.5 Å². The van der Waals surface area contributed by atoms with Gasteiger partial charge in [-0.2, -0.15) is 9.35 Å². The number of urea groups is 1. The van der Waals surface area contributed by atoms with Gasteiger partial charge in [-0.15, -0.1) is 0 Å². The van der Waals surface area contributed by atoms with Crippen molar-refractivity contribution in [2.24, 2.45) is 0 Å². The number of hydrogen-bond acceptors (Lipinski definition) is 8. The summed E-state index contributed by atoms with van der Waals surface area (Å²) in [6, 6.07) is -1.55. The fourth-order valence-electron chi connectivity index (χ4n) is 2.40. The predicted octanol–water partition coefficient (Wildman–Crippen LogP) is -3.88. The van der Waals surface area contributed by atoms with Gasteiger partial charge in [-0.25, -0.2) is 23.2 Å². The van der Waals surface area contributed by atoms with Crippen molar-refractivity contribution in [2.45, 2.75) is 19.5 Å². The van der Waals surface area contributed by atoms with Gasteiger partial charge in [0.2, 0.25) is 22.3 Å². The monoisotopic (exact) mass is 351 g/mol. The van der Waals surface area contributed by atoms with Gasteiger partial charge in [0.25, 0.3) is 0 Å². The van der Waals surface area contributed by atoms with Gasteiger partial charge in [0, 0.05) is 18.7 Å². The molecule has 1 atom stereocenters. The SMILES string of the molecule is CC(=O)Nc1ncc2c(n1)CN1CC2N(OS(=O)(=O)[O-])C1=O.[Na+]. The molecule has 0 radical (unpaired) electrons. The van der Waals surface area contributed by atoms with Gasteiger partial charge < -0.3 is 9.45 Å². The number of fused-ring (bicyclic) bond motifs is 4. The second kappa shape index (κ2) is 6.30. The minimum atomic E-state index is -5.08. The first-order valence-electron chi connectivity index (χ1n) is 6.11. The van der Waals surface area contributed by atoms with E-state index in [-0.39, 0.29) is 54.5 Å². The van der Waals surface area contributed by atoms with Crippen LogP contribution in [0.5, 0.6) is 0 Å². The maximum Gasteiger partial charge on any atom is 1.00 e. The minimum Gasteiger partial charge on any atom is -0.724 e. The van der Waals surface area contributed by atoms with Crippen LogP contribution in [0, 0.1) is 0 Å². The Morgan fingerprint density at radius 2 is 2.22 bits per heavy atom. The van der Waals surface area contributed by atoms with Gasteiger partial charge >= 0.3 is 35.6 Å². The Kier molecular flexibility index (Phi) is 4.94. The van der Waals surface area contributed by atoms with Crippen molar-refractivity contribution in [3.8, 4) is 0 Å². The fourth-order valence-corrected chi connectivity index (χ4v) is 2.77. The van der Waals surface area contributed by atoms with E-state index in [4.69, 9.17) is 0 Å². The number of nitrogens with zero attached hydrogens (tertiary/aromatic N) is 4. The summed E-state index contributed by atoms with van der Waals surface area (Å²) in [6.07, 6.45) is 1.36. The van der Waals surface area contributed by atoms with Crippen LogP contribution < -0.4 is 34.9 Å². The maximum atomic E-state index is 12.0. The number of carbonyl (C=O) groups excluding carboxylic acids is 2. The van der Waals surface area contributed by atoms with Crippen molar-refractivity contribution in [1.82, 2.24) is 19.9 Å². The number of rotatable bonds is 3. The van der Waals surface area contributed by atoms with Crippen LogP contribution >= 0.6 is 0 Å². The second-order valence-electron chi connectivity index (χ2n) is 4.76. The van der Waals surface area contributed by atoms with Gasteiger partial charge in [0.05, 0.1) is 18.8 Å². The molecule has 2 aliphatic rings. The van der Waals surface area contributed by atoms with Crippen LogP contribution in [-0.4, -0.2) is 51.4 Å². The van der Waals surface area contributed by atoms with E-state index in [1.54, 1.807) is 0 Å². The fraction of sp³-hybridized carbons (Fsp3) is 0.400. The molecule has 23 heavy (non-hydrogen) atoms. The third-order valence-electron chi connectivity index (χ3n) is 3.19. The summed E-state index contributed by atoms with van der Waals surface area (Å²) in [5, 5.41) is 2.92. The zero-order chi connectivity index (χ0) is 16.1. The standard InChI is InChI=1S/C10H11N5O6S.Na/c1-5(16)12-9-11-2-6-7(13-9)3-14-4-8(6)15(10(14)17)21-22(18,19)20;/h2,8H,3-4H2,1H3,(H,18,19,20)(H,11,12,13,16);/q;+1/p-1. The van der Waals surface area contributed by atoms with Crippen LogP contribution in [0.15, 0.2) is 6.20 Å². The van der Waals surface area contributed by atoms with Crippen LogP contribution in [0.1, 0.15) is 24.2 Å². The molecule has 1 aromatic heterocycles. The Labute approximate surface area is 153 Å². The number of amides is 3. The third kappa shape index (κ3) is 3.62. The van der Waals surface area contributed by atoms with E-state index in [0.29, 0.717) is 16.3 Å². The molecule has 3 amide bonds. The van der Waals surface area contributed by atoms with Crippen LogP contribution in [-0.2, 0) is 26.0 Å². The average Bonchev–Trinajstić information content (AvgIpc) is 2.62. The molecule has 1 fully saturated rings. The molecule has 1 N–H and O–H groups in total. The second-order valence-corrected chi connectivity index (χ2v) is 5.73. The zero-order valence-electron chi connectivity index (χ0n) is 12.2. The topological polar surface area (TPSA) is 145 Å². The first-order valence-corrected chi connectivity index (χ1v) is 7.45. The molecule has 11 nitrogen and oxygen atoms in total. The first kappa shape index (κ1) is 18.0. The molecule has 0 aromatic carbocycles. The Morgan fingerprint density at radius 3 is 2.83 bits per heavy atom. The van der Waals surface area contributed by atoms with E-state index in [2.05, 4.69) is 19.6 Å². The largest absolute Gasteiger partial charge is 1.00 e. The summed E-state index contributed by atoms with van der Waals surface area (Å²) >= 11 is 0. The van der Waals surface area contributed by atoms with Crippen molar-refractivity contribution in [1.29, 1.82) is 0 Å². The van der Waals surface area contributed by atoms with Gasteiger partial charge in [0.1, 0.15) is 6.04 Å². The minimum absolute atomic E-state index is 0. The Morgan fingerprint density at radius 1 is 1.52 bits per heavy atom. The van der Waals surface area contributed by atoms with Crippen LogP contribution in [0.2, 0.25) is 0 Å². The van der Waals surface area contributed by atoms with E-state index < -0.39 is 22.5 Å². The number of carbonyl (C=O) groups is 2. The van der Waals surface area contributed by atoms with Crippen molar-refractivity contribution < 1.29 is 56.4 Å². The summed E-state index contributed by atoms with van der Waals surface area (Å²) in [7, 11) is -5.08. The zero-order valence-corrected chi connectivity index (χ0v) is 15.0. The molecule has 2 bridgehead atoms. The van der Waals surface area contributed by atoms with E-state index >= 15 is 0 Å². The molecule has 1 unspecified atom stereocenters. The number of nitrogens with one attached hydrogen (secondary N) is 1. The average molecular weight is 351 g/mol. The molecule has 2 aliphatic heterocycles. The first-order chi connectivity index (χ1) is 10.2. The van der Waals surface area contributed by atoms with E-state index in [1.165, 1.54) is 18.0 Å². The summed E-state index contributed by atoms with van der Waals surface area (Å²) in [5.41, 5.74) is 0.901. The number of aromatic nitrogens is 2. The summed E-state index contributed by atoms with van der Waals surface area (Å²) in [4.78, 5) is 32.3. The number of hydroxylamine groups is 2. The van der Waals surface area contributed by atoms with Crippen molar-refractivity contribution in [3.63, 3.8) is 0 Å². The number of hydrogen-bond donors (Lipinski definition) is 1. The van der Waals surface area contributed by atoms with Crippen molar-refractivity contribution >= 4 is 28.3 Å². The maximum absolute atomic E-state index is 12.0. The van der Waals surface area contributed by atoms with E-state index in [0.717, 1.165) is 0 Å². The molecule has 1 saturated heterocycles. The molecular formula is C10H10N5NaO6S. The summed E-state index contributed by atoms with van der Waals surface area (Å²) in [5.74, 6) is -0.275. The molecule has 1 aromatic rings. The van der Waals surface area contributed by atoms with Crippen molar-refractivity contribution in [2.75, 3.05) is 11.9 Å². The predicted molar refractivity (Wildman–Crippen MR) is 67.5 cm³/mol. The molecular weight excluding hydrogens is 341 g/mol. The van der Waals surface area contributed by atoms with E-state index in [9.17, 15) is 22.6 Å².